The van der Waals surface area contributed by atoms with E-state index in [-0.39, 0.29) is 5.41 Å². The minimum Gasteiger partial charge on any atom is -0.296 e. The van der Waals surface area contributed by atoms with E-state index in [4.69, 9.17) is 0 Å². The molecule has 0 bridgehead atoms. The van der Waals surface area contributed by atoms with Crippen LogP contribution in [0, 0.1) is 0 Å². The molecule has 0 aliphatic rings. The Morgan fingerprint density at radius 3 is 2.29 bits per heavy atom. The summed E-state index contributed by atoms with van der Waals surface area (Å²) >= 11 is 0. The predicted octanol–water partition coefficient (Wildman–Crippen LogP) is 3.19. The lowest BCUT2D eigenvalue weighted by Crippen LogP contribution is -2.10. The van der Waals surface area contributed by atoms with Crippen LogP contribution in [0.1, 0.15) is 36.8 Å². The van der Waals surface area contributed by atoms with Gasteiger partial charge in [0.05, 0.1) is 11.4 Å². The first-order valence-electron chi connectivity index (χ1n) is 5.62. The number of carbonyl (C=O) groups is 1. The fourth-order valence-corrected chi connectivity index (χ4v) is 1.69. The molecule has 1 aromatic heterocycles. The van der Waals surface area contributed by atoms with Gasteiger partial charge in [-0.25, -0.2) is 0 Å². The molecule has 0 unspecified atom stereocenters. The molecular weight excluding hydrogens is 212 g/mol. The number of benzene rings is 1. The molecule has 1 N–H and O–H groups in total. The van der Waals surface area contributed by atoms with Crippen LogP contribution in [0.3, 0.4) is 0 Å². The van der Waals surface area contributed by atoms with Crippen molar-refractivity contribution in [2.75, 3.05) is 0 Å². The van der Waals surface area contributed by atoms with Gasteiger partial charge >= 0.3 is 0 Å². The second-order valence-electron chi connectivity index (χ2n) is 5.15. The molecule has 2 rings (SSSR count). The van der Waals surface area contributed by atoms with E-state index >= 15 is 0 Å². The highest BCUT2D eigenvalue weighted by Crippen LogP contribution is 2.25. The Bertz CT molecular complexity index is 518. The summed E-state index contributed by atoms with van der Waals surface area (Å²) < 4.78 is 0. The van der Waals surface area contributed by atoms with Crippen molar-refractivity contribution in [3.63, 3.8) is 0 Å². The summed E-state index contributed by atoms with van der Waals surface area (Å²) in [6.07, 6.45) is 0.764. The molecule has 0 fully saturated rings. The van der Waals surface area contributed by atoms with Crippen LogP contribution in [0.4, 0.5) is 0 Å². The predicted molar refractivity (Wildman–Crippen MR) is 68.1 cm³/mol. The van der Waals surface area contributed by atoms with E-state index in [1.807, 2.05) is 12.1 Å². The number of rotatable bonds is 2. The van der Waals surface area contributed by atoms with E-state index in [1.54, 1.807) is 6.07 Å². The van der Waals surface area contributed by atoms with Crippen LogP contribution in [-0.4, -0.2) is 16.5 Å². The fraction of sp³-hybridized carbons (Fsp3) is 0.286. The summed E-state index contributed by atoms with van der Waals surface area (Å²) in [5.74, 6) is 0. The Labute approximate surface area is 101 Å². The number of aromatic nitrogens is 2. The topological polar surface area (TPSA) is 45.8 Å². The molecule has 0 saturated heterocycles. The van der Waals surface area contributed by atoms with Crippen LogP contribution in [0.5, 0.6) is 0 Å². The Balaban J connectivity index is 2.32. The molecule has 3 nitrogen and oxygen atoms in total. The lowest BCUT2D eigenvalue weighted by molar-refractivity contribution is 0.111. The lowest BCUT2D eigenvalue weighted by Gasteiger charge is -2.18. The molecule has 17 heavy (non-hydrogen) atoms. The SMILES string of the molecule is CC(C)(C)c1ccc(-c2cc(C=O)[nH]n2)cc1. The maximum absolute atomic E-state index is 10.6. The Hall–Kier alpha value is -1.90. The van der Waals surface area contributed by atoms with E-state index in [9.17, 15) is 4.79 Å². The molecule has 0 radical (unpaired) electrons. The third-order valence-electron chi connectivity index (χ3n) is 2.77. The highest BCUT2D eigenvalue weighted by atomic mass is 16.1. The summed E-state index contributed by atoms with van der Waals surface area (Å²) in [5.41, 5.74) is 3.75. The van der Waals surface area contributed by atoms with Crippen molar-refractivity contribution in [3.8, 4) is 11.3 Å². The van der Waals surface area contributed by atoms with Crippen molar-refractivity contribution in [3.05, 3.63) is 41.6 Å². The van der Waals surface area contributed by atoms with Gasteiger partial charge in [0.15, 0.2) is 6.29 Å². The van der Waals surface area contributed by atoms with E-state index in [1.165, 1.54) is 5.56 Å². The van der Waals surface area contributed by atoms with Gasteiger partial charge in [-0.15, -0.1) is 0 Å². The van der Waals surface area contributed by atoms with Gasteiger partial charge in [0.1, 0.15) is 0 Å². The molecule has 0 aliphatic heterocycles. The van der Waals surface area contributed by atoms with Crippen LogP contribution in [0.15, 0.2) is 30.3 Å². The molecule has 0 amide bonds. The number of nitrogens with one attached hydrogen (secondary N) is 1. The smallest absolute Gasteiger partial charge is 0.167 e. The first-order valence-corrected chi connectivity index (χ1v) is 5.62. The number of hydrogen-bond donors (Lipinski definition) is 1. The maximum atomic E-state index is 10.6. The van der Waals surface area contributed by atoms with E-state index in [2.05, 4.69) is 43.1 Å². The summed E-state index contributed by atoms with van der Waals surface area (Å²) in [4.78, 5) is 10.6. The van der Waals surface area contributed by atoms with E-state index < -0.39 is 0 Å². The summed E-state index contributed by atoms with van der Waals surface area (Å²) in [6, 6.07) is 10.0. The molecule has 0 spiro atoms. The van der Waals surface area contributed by atoms with Gasteiger partial charge in [0.2, 0.25) is 0 Å². The molecule has 1 aromatic carbocycles. The zero-order valence-corrected chi connectivity index (χ0v) is 10.3. The molecule has 3 heteroatoms. The van der Waals surface area contributed by atoms with Crippen molar-refractivity contribution < 1.29 is 4.79 Å². The molecule has 1 heterocycles. The quantitative estimate of drug-likeness (QED) is 0.802. The molecule has 2 aromatic rings. The molecular formula is C14H16N2O. The minimum absolute atomic E-state index is 0.151. The van der Waals surface area contributed by atoms with Crippen molar-refractivity contribution in [2.45, 2.75) is 26.2 Å². The number of nitrogens with zero attached hydrogens (tertiary/aromatic N) is 1. The van der Waals surface area contributed by atoms with Crippen LogP contribution < -0.4 is 0 Å². The monoisotopic (exact) mass is 228 g/mol. The van der Waals surface area contributed by atoms with Crippen molar-refractivity contribution in [2.24, 2.45) is 0 Å². The van der Waals surface area contributed by atoms with Gasteiger partial charge in [-0.05, 0) is 17.0 Å². The number of carbonyl (C=O) groups excluding carboxylic acids is 1. The number of aromatic amines is 1. The fourth-order valence-electron chi connectivity index (χ4n) is 1.69. The van der Waals surface area contributed by atoms with E-state index in [0.29, 0.717) is 5.69 Å². The van der Waals surface area contributed by atoms with Gasteiger partial charge in [0, 0.05) is 5.56 Å². The first kappa shape index (κ1) is 11.6. The number of aldehydes is 1. The van der Waals surface area contributed by atoms with Crippen molar-refractivity contribution in [1.82, 2.24) is 10.2 Å². The normalized spacial score (nSPS) is 11.5. The van der Waals surface area contributed by atoms with Crippen LogP contribution in [-0.2, 0) is 5.41 Å². The Morgan fingerprint density at radius 2 is 1.82 bits per heavy atom. The Morgan fingerprint density at radius 1 is 1.18 bits per heavy atom. The zero-order chi connectivity index (χ0) is 12.5. The third kappa shape index (κ3) is 2.44. The first-order chi connectivity index (χ1) is 8.00. The second kappa shape index (κ2) is 4.17. The summed E-state index contributed by atoms with van der Waals surface area (Å²) in [7, 11) is 0. The van der Waals surface area contributed by atoms with Gasteiger partial charge < -0.3 is 0 Å². The second-order valence-corrected chi connectivity index (χ2v) is 5.15. The maximum Gasteiger partial charge on any atom is 0.167 e. The standard InChI is InChI=1S/C14H16N2O/c1-14(2,3)11-6-4-10(5-7-11)13-8-12(9-17)15-16-13/h4-9H,1-3H3,(H,15,16). The van der Waals surface area contributed by atoms with Gasteiger partial charge in [-0.3, -0.25) is 9.89 Å². The molecule has 0 aliphatic carbocycles. The van der Waals surface area contributed by atoms with Gasteiger partial charge in [0.25, 0.3) is 0 Å². The molecule has 88 valence electrons. The van der Waals surface area contributed by atoms with Gasteiger partial charge in [-0.2, -0.15) is 5.10 Å². The van der Waals surface area contributed by atoms with Crippen molar-refractivity contribution in [1.29, 1.82) is 0 Å². The Kier molecular flexibility index (Phi) is 2.84. The zero-order valence-electron chi connectivity index (χ0n) is 10.3. The van der Waals surface area contributed by atoms with Crippen LogP contribution in [0.2, 0.25) is 0 Å². The highest BCUT2D eigenvalue weighted by Gasteiger charge is 2.13. The summed E-state index contributed by atoms with van der Waals surface area (Å²) in [5, 5.41) is 6.77. The number of hydrogen-bond acceptors (Lipinski definition) is 2. The average molecular weight is 228 g/mol. The average Bonchev–Trinajstić information content (AvgIpc) is 2.76. The van der Waals surface area contributed by atoms with Crippen LogP contribution >= 0.6 is 0 Å². The lowest BCUT2D eigenvalue weighted by atomic mass is 9.86. The van der Waals surface area contributed by atoms with Crippen LogP contribution in [0.25, 0.3) is 11.3 Å². The minimum atomic E-state index is 0.151. The molecule has 0 atom stereocenters. The van der Waals surface area contributed by atoms with Crippen molar-refractivity contribution >= 4 is 6.29 Å². The third-order valence-corrected chi connectivity index (χ3v) is 2.77. The largest absolute Gasteiger partial charge is 0.296 e. The number of H-pyrrole nitrogens is 1. The molecule has 0 saturated carbocycles. The van der Waals surface area contributed by atoms with E-state index in [0.717, 1.165) is 17.5 Å². The van der Waals surface area contributed by atoms with Gasteiger partial charge in [-0.1, -0.05) is 45.0 Å². The highest BCUT2D eigenvalue weighted by molar-refractivity contribution is 5.75. The summed E-state index contributed by atoms with van der Waals surface area (Å²) in [6.45, 7) is 6.54.